The standard InChI is InChI=1S/C11H13N3O3.ClH/c1-13(10-6-12-7-10)11(15)8-2-4-9(5-3-8)14(16)17;/h2-5,10,12H,6-7H2,1H3;1H. The number of likely N-dealkylation sites (N-methyl/N-ethyl adjacent to an activating group) is 1. The van der Waals surface area contributed by atoms with Crippen LogP contribution in [0.3, 0.4) is 0 Å². The number of non-ortho nitro benzene ring substituents is 1. The van der Waals surface area contributed by atoms with Gasteiger partial charge in [-0.3, -0.25) is 14.9 Å². The van der Waals surface area contributed by atoms with E-state index < -0.39 is 4.92 Å². The summed E-state index contributed by atoms with van der Waals surface area (Å²) in [5.41, 5.74) is 0.472. The summed E-state index contributed by atoms with van der Waals surface area (Å²) in [6.07, 6.45) is 0. The monoisotopic (exact) mass is 271 g/mol. The van der Waals surface area contributed by atoms with Crippen molar-refractivity contribution in [1.29, 1.82) is 0 Å². The van der Waals surface area contributed by atoms with Crippen LogP contribution < -0.4 is 5.32 Å². The van der Waals surface area contributed by atoms with E-state index in [2.05, 4.69) is 5.32 Å². The normalized spacial score (nSPS) is 14.3. The first-order chi connectivity index (χ1) is 8.09. The van der Waals surface area contributed by atoms with Gasteiger partial charge in [0.1, 0.15) is 0 Å². The summed E-state index contributed by atoms with van der Waals surface area (Å²) in [5.74, 6) is -0.105. The van der Waals surface area contributed by atoms with Gasteiger partial charge in [-0.05, 0) is 12.1 Å². The Morgan fingerprint density at radius 1 is 1.39 bits per heavy atom. The molecule has 18 heavy (non-hydrogen) atoms. The van der Waals surface area contributed by atoms with E-state index in [0.29, 0.717) is 5.56 Å². The van der Waals surface area contributed by atoms with E-state index in [-0.39, 0.29) is 30.0 Å². The summed E-state index contributed by atoms with van der Waals surface area (Å²) in [7, 11) is 1.75. The lowest BCUT2D eigenvalue weighted by molar-refractivity contribution is -0.384. The van der Waals surface area contributed by atoms with Crippen LogP contribution in [0, 0.1) is 10.1 Å². The molecule has 1 aliphatic rings. The second kappa shape index (κ2) is 5.79. The van der Waals surface area contributed by atoms with Crippen molar-refractivity contribution in [2.24, 2.45) is 0 Å². The van der Waals surface area contributed by atoms with Crippen LogP contribution in [0.5, 0.6) is 0 Å². The summed E-state index contributed by atoms with van der Waals surface area (Å²) >= 11 is 0. The minimum Gasteiger partial charge on any atom is -0.336 e. The number of nitrogens with one attached hydrogen (secondary N) is 1. The lowest BCUT2D eigenvalue weighted by Crippen LogP contribution is -2.57. The Bertz CT molecular complexity index is 445. The fraction of sp³-hybridized carbons (Fsp3) is 0.364. The number of nitro groups is 1. The van der Waals surface area contributed by atoms with Crippen molar-refractivity contribution in [3.8, 4) is 0 Å². The number of hydrogen-bond donors (Lipinski definition) is 1. The lowest BCUT2D eigenvalue weighted by Gasteiger charge is -2.35. The molecular formula is C11H14ClN3O3. The molecule has 1 N–H and O–H groups in total. The largest absolute Gasteiger partial charge is 0.336 e. The molecule has 2 rings (SSSR count). The highest BCUT2D eigenvalue weighted by atomic mass is 35.5. The molecule has 1 aromatic carbocycles. The lowest BCUT2D eigenvalue weighted by atomic mass is 10.1. The molecule has 1 amide bonds. The van der Waals surface area contributed by atoms with E-state index in [4.69, 9.17) is 0 Å². The Balaban J connectivity index is 0.00000162. The summed E-state index contributed by atoms with van der Waals surface area (Å²) in [5, 5.41) is 13.6. The molecule has 1 fully saturated rings. The summed E-state index contributed by atoms with van der Waals surface area (Å²) in [6.45, 7) is 1.60. The van der Waals surface area contributed by atoms with Crippen molar-refractivity contribution in [2.45, 2.75) is 6.04 Å². The summed E-state index contributed by atoms with van der Waals surface area (Å²) in [6, 6.07) is 5.89. The molecule has 0 saturated carbocycles. The molecule has 0 aliphatic carbocycles. The zero-order valence-electron chi connectivity index (χ0n) is 9.83. The van der Waals surface area contributed by atoms with Gasteiger partial charge >= 0.3 is 0 Å². The maximum absolute atomic E-state index is 12.0. The highest BCUT2D eigenvalue weighted by molar-refractivity contribution is 5.94. The number of nitro benzene ring substituents is 1. The van der Waals surface area contributed by atoms with Gasteiger partial charge in [0.25, 0.3) is 11.6 Å². The Labute approximate surface area is 111 Å². The van der Waals surface area contributed by atoms with Crippen LogP contribution in [0.2, 0.25) is 0 Å². The Hall–Kier alpha value is -1.66. The first-order valence-electron chi connectivity index (χ1n) is 5.32. The van der Waals surface area contributed by atoms with Crippen LogP contribution in [0.4, 0.5) is 5.69 Å². The highest BCUT2D eigenvalue weighted by Crippen LogP contribution is 2.14. The molecule has 6 nitrogen and oxygen atoms in total. The second-order valence-corrected chi connectivity index (χ2v) is 4.03. The molecule has 98 valence electrons. The number of hydrogen-bond acceptors (Lipinski definition) is 4. The quantitative estimate of drug-likeness (QED) is 0.659. The van der Waals surface area contributed by atoms with Gasteiger partial charge in [-0.25, -0.2) is 0 Å². The van der Waals surface area contributed by atoms with Gasteiger partial charge < -0.3 is 10.2 Å². The van der Waals surface area contributed by atoms with Crippen molar-refractivity contribution < 1.29 is 9.72 Å². The van der Waals surface area contributed by atoms with Gasteiger partial charge in [0.2, 0.25) is 0 Å². The Morgan fingerprint density at radius 2 is 1.94 bits per heavy atom. The van der Waals surface area contributed by atoms with Gasteiger partial charge in [-0.15, -0.1) is 12.4 Å². The van der Waals surface area contributed by atoms with Gasteiger partial charge in [-0.1, -0.05) is 0 Å². The number of nitrogens with zero attached hydrogens (tertiary/aromatic N) is 2. The zero-order chi connectivity index (χ0) is 12.4. The molecule has 7 heteroatoms. The first kappa shape index (κ1) is 14.4. The van der Waals surface area contributed by atoms with Crippen molar-refractivity contribution in [3.05, 3.63) is 39.9 Å². The minimum absolute atomic E-state index is 0. The summed E-state index contributed by atoms with van der Waals surface area (Å²) < 4.78 is 0. The molecule has 0 unspecified atom stereocenters. The van der Waals surface area contributed by atoms with Crippen molar-refractivity contribution in [1.82, 2.24) is 10.2 Å². The number of amides is 1. The van der Waals surface area contributed by atoms with Crippen LogP contribution in [0.25, 0.3) is 0 Å². The van der Waals surface area contributed by atoms with Crippen molar-refractivity contribution in [2.75, 3.05) is 20.1 Å². The van der Waals surface area contributed by atoms with Crippen LogP contribution in [-0.4, -0.2) is 41.9 Å². The van der Waals surface area contributed by atoms with E-state index >= 15 is 0 Å². The van der Waals surface area contributed by atoms with E-state index in [0.717, 1.165) is 13.1 Å². The molecule has 0 atom stereocenters. The summed E-state index contributed by atoms with van der Waals surface area (Å²) in [4.78, 5) is 23.7. The predicted molar refractivity (Wildman–Crippen MR) is 69.1 cm³/mol. The van der Waals surface area contributed by atoms with Crippen molar-refractivity contribution >= 4 is 24.0 Å². The van der Waals surface area contributed by atoms with E-state index in [1.807, 2.05) is 0 Å². The SMILES string of the molecule is CN(C(=O)c1ccc([N+](=O)[O-])cc1)C1CNC1.Cl. The molecular weight excluding hydrogens is 258 g/mol. The third-order valence-electron chi connectivity index (χ3n) is 2.95. The number of benzene rings is 1. The van der Waals surface area contributed by atoms with Crippen LogP contribution in [-0.2, 0) is 0 Å². The Morgan fingerprint density at radius 3 is 2.33 bits per heavy atom. The average Bonchev–Trinajstić information content (AvgIpc) is 2.25. The topological polar surface area (TPSA) is 75.5 Å². The molecule has 1 aliphatic heterocycles. The van der Waals surface area contributed by atoms with Gasteiger partial charge in [0, 0.05) is 37.8 Å². The molecule has 0 radical (unpaired) electrons. The molecule has 1 aromatic rings. The average molecular weight is 272 g/mol. The Kier molecular flexibility index (Phi) is 4.63. The first-order valence-corrected chi connectivity index (χ1v) is 5.32. The van der Waals surface area contributed by atoms with Gasteiger partial charge in [0.15, 0.2) is 0 Å². The van der Waals surface area contributed by atoms with E-state index in [1.165, 1.54) is 24.3 Å². The van der Waals surface area contributed by atoms with E-state index in [1.54, 1.807) is 11.9 Å². The third kappa shape index (κ3) is 2.77. The maximum Gasteiger partial charge on any atom is 0.269 e. The highest BCUT2D eigenvalue weighted by Gasteiger charge is 2.26. The van der Waals surface area contributed by atoms with Crippen molar-refractivity contribution in [3.63, 3.8) is 0 Å². The molecule has 0 aromatic heterocycles. The molecule has 1 heterocycles. The number of halogens is 1. The molecule has 0 spiro atoms. The van der Waals surface area contributed by atoms with E-state index in [9.17, 15) is 14.9 Å². The van der Waals surface area contributed by atoms with Crippen LogP contribution in [0.1, 0.15) is 10.4 Å². The number of carbonyl (C=O) groups is 1. The smallest absolute Gasteiger partial charge is 0.269 e. The number of carbonyl (C=O) groups excluding carboxylic acids is 1. The predicted octanol–water partition coefficient (Wildman–Crippen LogP) is 1.06. The van der Waals surface area contributed by atoms with Crippen LogP contribution >= 0.6 is 12.4 Å². The third-order valence-corrected chi connectivity index (χ3v) is 2.95. The van der Waals surface area contributed by atoms with Gasteiger partial charge in [0.05, 0.1) is 11.0 Å². The zero-order valence-corrected chi connectivity index (χ0v) is 10.6. The fourth-order valence-corrected chi connectivity index (χ4v) is 1.64. The molecule has 1 saturated heterocycles. The maximum atomic E-state index is 12.0. The van der Waals surface area contributed by atoms with Crippen LogP contribution in [0.15, 0.2) is 24.3 Å². The van der Waals surface area contributed by atoms with Gasteiger partial charge in [-0.2, -0.15) is 0 Å². The minimum atomic E-state index is -0.478. The molecule has 0 bridgehead atoms. The number of rotatable bonds is 3. The second-order valence-electron chi connectivity index (χ2n) is 4.03. The fourth-order valence-electron chi connectivity index (χ4n) is 1.64.